The van der Waals surface area contributed by atoms with Crippen molar-refractivity contribution in [1.82, 2.24) is 0 Å². The summed E-state index contributed by atoms with van der Waals surface area (Å²) in [6.45, 7) is 4.80. The molecule has 0 unspecified atom stereocenters. The lowest BCUT2D eigenvalue weighted by Gasteiger charge is -2.30. The highest BCUT2D eigenvalue weighted by Crippen LogP contribution is 2.33. The van der Waals surface area contributed by atoms with Crippen LogP contribution in [0.5, 0.6) is 0 Å². The molecule has 29 heavy (non-hydrogen) atoms. The predicted octanol–water partition coefficient (Wildman–Crippen LogP) is 5.28. The summed E-state index contributed by atoms with van der Waals surface area (Å²) >= 11 is 0. The molecule has 0 saturated heterocycles. The Labute approximate surface area is 167 Å². The molecule has 1 aliphatic rings. The molecule has 1 heterocycles. The number of fused-ring (bicyclic) bond motifs is 1. The summed E-state index contributed by atoms with van der Waals surface area (Å²) in [7, 11) is 0. The molecule has 0 bridgehead atoms. The Balaban J connectivity index is 1.82. The number of alkyl halides is 3. The highest BCUT2D eigenvalue weighted by atomic mass is 19.4. The van der Waals surface area contributed by atoms with Crippen molar-refractivity contribution in [3.05, 3.63) is 59.2 Å². The van der Waals surface area contributed by atoms with Gasteiger partial charge in [-0.15, -0.1) is 0 Å². The lowest BCUT2D eigenvalue weighted by atomic mass is 9.99. The van der Waals surface area contributed by atoms with Gasteiger partial charge in [0.05, 0.1) is 11.1 Å². The van der Waals surface area contributed by atoms with Gasteiger partial charge in [0.15, 0.2) is 0 Å². The van der Waals surface area contributed by atoms with Gasteiger partial charge < -0.3 is 10.2 Å². The van der Waals surface area contributed by atoms with E-state index in [1.54, 1.807) is 23.1 Å². The SMILES string of the molecule is CC(C)CCN1C(=O)CCc2cc(NC(=O)c3ccccc3C(F)(F)F)ccc21. The molecule has 0 fully saturated rings. The number of nitrogens with zero attached hydrogens (tertiary/aromatic N) is 1. The van der Waals surface area contributed by atoms with E-state index < -0.39 is 23.2 Å². The highest BCUT2D eigenvalue weighted by molar-refractivity contribution is 6.06. The molecule has 0 radical (unpaired) electrons. The van der Waals surface area contributed by atoms with E-state index in [0.717, 1.165) is 29.8 Å². The molecule has 0 atom stereocenters. The number of aryl methyl sites for hydroxylation is 1. The van der Waals surface area contributed by atoms with Crippen LogP contribution in [0.2, 0.25) is 0 Å². The van der Waals surface area contributed by atoms with Crippen LogP contribution in [-0.4, -0.2) is 18.4 Å². The van der Waals surface area contributed by atoms with Crippen LogP contribution < -0.4 is 10.2 Å². The largest absolute Gasteiger partial charge is 0.417 e. The van der Waals surface area contributed by atoms with Crippen molar-refractivity contribution in [2.45, 2.75) is 39.3 Å². The average Bonchev–Trinajstić information content (AvgIpc) is 2.66. The van der Waals surface area contributed by atoms with Crippen molar-refractivity contribution < 1.29 is 22.8 Å². The monoisotopic (exact) mass is 404 g/mol. The minimum absolute atomic E-state index is 0.0639. The van der Waals surface area contributed by atoms with Gasteiger partial charge in [-0.25, -0.2) is 0 Å². The number of hydrogen-bond donors (Lipinski definition) is 1. The maximum Gasteiger partial charge on any atom is 0.417 e. The first-order chi connectivity index (χ1) is 13.7. The number of carbonyl (C=O) groups excluding carboxylic acids is 2. The molecule has 0 saturated carbocycles. The van der Waals surface area contributed by atoms with E-state index in [-0.39, 0.29) is 5.91 Å². The summed E-state index contributed by atoms with van der Waals surface area (Å²) in [5.74, 6) is -0.295. The number of rotatable bonds is 5. The van der Waals surface area contributed by atoms with Gasteiger partial charge in [0, 0.05) is 24.3 Å². The number of halogens is 3. The fraction of sp³-hybridized carbons (Fsp3) is 0.364. The molecular weight excluding hydrogens is 381 g/mol. The third kappa shape index (κ3) is 4.78. The van der Waals surface area contributed by atoms with E-state index in [2.05, 4.69) is 19.2 Å². The quantitative estimate of drug-likeness (QED) is 0.737. The van der Waals surface area contributed by atoms with E-state index in [0.29, 0.717) is 31.0 Å². The van der Waals surface area contributed by atoms with Crippen LogP contribution in [0, 0.1) is 5.92 Å². The maximum atomic E-state index is 13.2. The topological polar surface area (TPSA) is 49.4 Å². The number of benzene rings is 2. The molecule has 2 amide bonds. The Morgan fingerprint density at radius 2 is 1.86 bits per heavy atom. The van der Waals surface area contributed by atoms with Gasteiger partial charge in [-0.1, -0.05) is 26.0 Å². The summed E-state index contributed by atoms with van der Waals surface area (Å²) < 4.78 is 39.5. The van der Waals surface area contributed by atoms with Crippen molar-refractivity contribution in [3.8, 4) is 0 Å². The van der Waals surface area contributed by atoms with Crippen molar-refractivity contribution in [3.63, 3.8) is 0 Å². The molecule has 3 rings (SSSR count). The third-order valence-electron chi connectivity index (χ3n) is 4.94. The Hall–Kier alpha value is -2.83. The van der Waals surface area contributed by atoms with Crippen molar-refractivity contribution >= 4 is 23.2 Å². The Morgan fingerprint density at radius 1 is 1.14 bits per heavy atom. The van der Waals surface area contributed by atoms with Crippen LogP contribution in [0.4, 0.5) is 24.5 Å². The summed E-state index contributed by atoms with van der Waals surface area (Å²) in [6.07, 6.45) is -2.83. The zero-order chi connectivity index (χ0) is 21.2. The van der Waals surface area contributed by atoms with Crippen LogP contribution in [0.3, 0.4) is 0 Å². The average molecular weight is 404 g/mol. The van der Waals surface area contributed by atoms with Crippen LogP contribution in [0.25, 0.3) is 0 Å². The molecular formula is C22H23F3N2O2. The Morgan fingerprint density at radius 3 is 2.55 bits per heavy atom. The minimum Gasteiger partial charge on any atom is -0.322 e. The second kappa shape index (κ2) is 8.27. The van der Waals surface area contributed by atoms with Gasteiger partial charge >= 0.3 is 6.18 Å². The van der Waals surface area contributed by atoms with Gasteiger partial charge in [0.25, 0.3) is 5.91 Å². The summed E-state index contributed by atoms with van der Waals surface area (Å²) in [5.41, 5.74) is 0.710. The van der Waals surface area contributed by atoms with E-state index >= 15 is 0 Å². The molecule has 2 aromatic rings. The third-order valence-corrected chi connectivity index (χ3v) is 4.94. The normalized spacial score (nSPS) is 14.1. The lowest BCUT2D eigenvalue weighted by molar-refractivity contribution is -0.137. The lowest BCUT2D eigenvalue weighted by Crippen LogP contribution is -2.36. The molecule has 1 aliphatic heterocycles. The van der Waals surface area contributed by atoms with Crippen LogP contribution >= 0.6 is 0 Å². The molecule has 0 aromatic heterocycles. The molecule has 0 aliphatic carbocycles. The van der Waals surface area contributed by atoms with Crippen LogP contribution in [0.15, 0.2) is 42.5 Å². The van der Waals surface area contributed by atoms with E-state index in [1.807, 2.05) is 0 Å². The number of amides is 2. The minimum atomic E-state index is -4.61. The maximum absolute atomic E-state index is 13.2. The van der Waals surface area contributed by atoms with Crippen molar-refractivity contribution in [2.75, 3.05) is 16.8 Å². The van der Waals surface area contributed by atoms with Gasteiger partial charge in [0.1, 0.15) is 0 Å². The standard InChI is InChI=1S/C22H23F3N2O2/c1-14(2)11-12-27-19-9-8-16(13-15(19)7-10-20(27)28)26-21(29)17-5-3-4-6-18(17)22(23,24)25/h3-6,8-9,13-14H,7,10-12H2,1-2H3,(H,26,29). The first kappa shape index (κ1) is 20.9. The van der Waals surface area contributed by atoms with E-state index in [1.165, 1.54) is 12.1 Å². The van der Waals surface area contributed by atoms with Gasteiger partial charge in [-0.05, 0) is 54.7 Å². The van der Waals surface area contributed by atoms with E-state index in [9.17, 15) is 22.8 Å². The Kier molecular flexibility index (Phi) is 5.96. The van der Waals surface area contributed by atoms with Crippen molar-refractivity contribution in [2.24, 2.45) is 5.92 Å². The molecule has 154 valence electrons. The Bertz CT molecular complexity index is 923. The van der Waals surface area contributed by atoms with Gasteiger partial charge in [0.2, 0.25) is 5.91 Å². The smallest absolute Gasteiger partial charge is 0.322 e. The summed E-state index contributed by atoms with van der Waals surface area (Å²) in [5, 5.41) is 2.55. The van der Waals surface area contributed by atoms with Gasteiger partial charge in [-0.2, -0.15) is 13.2 Å². The zero-order valence-corrected chi connectivity index (χ0v) is 16.3. The first-order valence-corrected chi connectivity index (χ1v) is 9.57. The van der Waals surface area contributed by atoms with E-state index in [4.69, 9.17) is 0 Å². The second-order valence-corrected chi connectivity index (χ2v) is 7.57. The van der Waals surface area contributed by atoms with Gasteiger partial charge in [-0.3, -0.25) is 9.59 Å². The molecule has 4 nitrogen and oxygen atoms in total. The number of nitrogens with one attached hydrogen (secondary N) is 1. The molecule has 0 spiro atoms. The number of hydrogen-bond acceptors (Lipinski definition) is 2. The second-order valence-electron chi connectivity index (χ2n) is 7.57. The fourth-order valence-electron chi connectivity index (χ4n) is 3.40. The van der Waals surface area contributed by atoms with Crippen LogP contribution in [0.1, 0.15) is 48.2 Å². The molecule has 1 N–H and O–H groups in total. The highest BCUT2D eigenvalue weighted by Gasteiger charge is 2.35. The first-order valence-electron chi connectivity index (χ1n) is 9.57. The van der Waals surface area contributed by atoms with Crippen molar-refractivity contribution in [1.29, 1.82) is 0 Å². The number of carbonyl (C=O) groups is 2. The summed E-state index contributed by atoms with van der Waals surface area (Å²) in [6, 6.07) is 9.80. The zero-order valence-electron chi connectivity index (χ0n) is 16.3. The molecule has 7 heteroatoms. The summed E-state index contributed by atoms with van der Waals surface area (Å²) in [4.78, 5) is 26.5. The number of anilines is 2. The van der Waals surface area contributed by atoms with Crippen LogP contribution in [-0.2, 0) is 17.4 Å². The molecule has 2 aromatic carbocycles. The predicted molar refractivity (Wildman–Crippen MR) is 106 cm³/mol. The fourth-order valence-corrected chi connectivity index (χ4v) is 3.40.